The van der Waals surface area contributed by atoms with Gasteiger partial charge in [-0.15, -0.1) is 5.10 Å². The van der Waals surface area contributed by atoms with Crippen molar-refractivity contribution in [1.29, 1.82) is 0 Å². The van der Waals surface area contributed by atoms with Crippen LogP contribution in [0, 0.1) is 0 Å². The number of ether oxygens (including phenoxy) is 3. The Bertz CT molecular complexity index is 1660. The summed E-state index contributed by atoms with van der Waals surface area (Å²) in [6.07, 6.45) is 0.905. The molecule has 1 N–H and O–H groups in total. The molecule has 5 aromatic rings. The number of hydrogen-bond acceptors (Lipinski definition) is 7. The van der Waals surface area contributed by atoms with Gasteiger partial charge in [-0.3, -0.25) is 4.79 Å². The smallest absolute Gasteiger partial charge is 0.351 e. The summed E-state index contributed by atoms with van der Waals surface area (Å²) in [5.41, 5.74) is 2.40. The molecule has 0 aliphatic heterocycles. The van der Waals surface area contributed by atoms with Gasteiger partial charge in [0.1, 0.15) is 23.8 Å². The van der Waals surface area contributed by atoms with E-state index in [1.54, 1.807) is 36.4 Å². The van der Waals surface area contributed by atoms with Crippen LogP contribution in [-0.4, -0.2) is 39.3 Å². The van der Waals surface area contributed by atoms with Crippen molar-refractivity contribution in [2.45, 2.75) is 19.9 Å². The molecule has 0 aliphatic carbocycles. The molecule has 2 heterocycles. The molecule has 0 bridgehead atoms. The standard InChI is InChI=1S/C27H25N5O5/c1-4-17-9-11-18(12-10-17)37-26-25-30-31(27(34)32(25)22-8-6-5-7-20(22)29-26)16-24(33)28-21-15-19(35-2)13-14-23(21)36-3/h5-15H,4,16H2,1-3H3,(H,28,33). The van der Waals surface area contributed by atoms with E-state index in [1.807, 2.05) is 30.3 Å². The molecule has 2 aromatic heterocycles. The topological polar surface area (TPSA) is 109 Å². The molecule has 0 aliphatic rings. The number of para-hydroxylation sites is 2. The number of aryl methyl sites for hydroxylation is 1. The number of nitrogens with one attached hydrogen (secondary N) is 1. The lowest BCUT2D eigenvalue weighted by atomic mass is 10.2. The highest BCUT2D eigenvalue weighted by atomic mass is 16.5. The largest absolute Gasteiger partial charge is 0.497 e. The van der Waals surface area contributed by atoms with E-state index in [9.17, 15) is 9.59 Å². The minimum atomic E-state index is -0.493. The van der Waals surface area contributed by atoms with Gasteiger partial charge in [0.2, 0.25) is 11.6 Å². The Labute approximate surface area is 212 Å². The van der Waals surface area contributed by atoms with Crippen LogP contribution in [0.2, 0.25) is 0 Å². The molecule has 0 radical (unpaired) electrons. The first kappa shape index (κ1) is 23.9. The fourth-order valence-corrected chi connectivity index (χ4v) is 3.98. The second-order valence-electron chi connectivity index (χ2n) is 8.22. The normalized spacial score (nSPS) is 11.0. The van der Waals surface area contributed by atoms with Crippen LogP contribution in [0.3, 0.4) is 0 Å². The molecular weight excluding hydrogens is 474 g/mol. The Balaban J connectivity index is 1.52. The second kappa shape index (κ2) is 10.0. The summed E-state index contributed by atoms with van der Waals surface area (Å²) in [6, 6.07) is 19.8. The third kappa shape index (κ3) is 4.68. The van der Waals surface area contributed by atoms with Crippen molar-refractivity contribution in [3.8, 4) is 23.1 Å². The summed E-state index contributed by atoms with van der Waals surface area (Å²) in [7, 11) is 3.03. The van der Waals surface area contributed by atoms with Crippen LogP contribution in [0.1, 0.15) is 12.5 Å². The van der Waals surface area contributed by atoms with Crippen LogP contribution in [0.4, 0.5) is 5.69 Å². The molecule has 5 rings (SSSR count). The van der Waals surface area contributed by atoms with Gasteiger partial charge >= 0.3 is 5.69 Å². The minimum Gasteiger partial charge on any atom is -0.497 e. The van der Waals surface area contributed by atoms with Gasteiger partial charge in [0, 0.05) is 6.07 Å². The van der Waals surface area contributed by atoms with Gasteiger partial charge in [-0.1, -0.05) is 31.2 Å². The number of hydrogen-bond donors (Lipinski definition) is 1. The van der Waals surface area contributed by atoms with Crippen molar-refractivity contribution < 1.29 is 19.0 Å². The van der Waals surface area contributed by atoms with Crippen LogP contribution in [0.25, 0.3) is 16.7 Å². The molecule has 3 aromatic carbocycles. The Kier molecular flexibility index (Phi) is 6.46. The van der Waals surface area contributed by atoms with E-state index < -0.39 is 11.6 Å². The Morgan fingerprint density at radius 2 is 1.73 bits per heavy atom. The van der Waals surface area contributed by atoms with E-state index in [0.717, 1.165) is 11.1 Å². The van der Waals surface area contributed by atoms with Crippen molar-refractivity contribution in [2.75, 3.05) is 19.5 Å². The number of benzene rings is 3. The number of aromatic nitrogens is 4. The van der Waals surface area contributed by atoms with Gasteiger partial charge in [0.25, 0.3) is 5.88 Å². The number of carbonyl (C=O) groups excluding carboxylic acids is 1. The zero-order chi connectivity index (χ0) is 25.9. The maximum atomic E-state index is 13.4. The molecule has 10 nitrogen and oxygen atoms in total. The van der Waals surface area contributed by atoms with Crippen molar-refractivity contribution in [3.05, 3.63) is 82.8 Å². The molecule has 0 saturated heterocycles. The number of fused-ring (bicyclic) bond motifs is 3. The lowest BCUT2D eigenvalue weighted by Gasteiger charge is -2.11. The number of rotatable bonds is 8. The maximum Gasteiger partial charge on any atom is 0.351 e. The quantitative estimate of drug-likeness (QED) is 0.343. The molecular formula is C27H25N5O5. The molecule has 37 heavy (non-hydrogen) atoms. The van der Waals surface area contributed by atoms with E-state index >= 15 is 0 Å². The number of anilines is 1. The summed E-state index contributed by atoms with van der Waals surface area (Å²) < 4.78 is 19.1. The van der Waals surface area contributed by atoms with E-state index in [2.05, 4.69) is 22.3 Å². The average Bonchev–Trinajstić information content (AvgIpc) is 3.25. The van der Waals surface area contributed by atoms with Crippen LogP contribution in [0.5, 0.6) is 23.1 Å². The van der Waals surface area contributed by atoms with E-state index in [4.69, 9.17) is 14.2 Å². The van der Waals surface area contributed by atoms with Gasteiger partial charge in [0.05, 0.1) is 30.9 Å². The molecule has 10 heteroatoms. The van der Waals surface area contributed by atoms with E-state index in [1.165, 1.54) is 24.2 Å². The summed E-state index contributed by atoms with van der Waals surface area (Å²) in [5.74, 6) is 1.26. The average molecular weight is 500 g/mol. The minimum absolute atomic E-state index is 0.161. The predicted molar refractivity (Wildman–Crippen MR) is 139 cm³/mol. The molecule has 0 saturated carbocycles. The number of nitrogens with zero attached hydrogens (tertiary/aromatic N) is 4. The lowest BCUT2D eigenvalue weighted by Crippen LogP contribution is -2.28. The summed E-state index contributed by atoms with van der Waals surface area (Å²) >= 11 is 0. The van der Waals surface area contributed by atoms with Gasteiger partial charge in [-0.05, 0) is 48.4 Å². The third-order valence-electron chi connectivity index (χ3n) is 5.90. The molecule has 0 unspecified atom stereocenters. The van der Waals surface area contributed by atoms with Crippen LogP contribution in [-0.2, 0) is 17.8 Å². The SMILES string of the molecule is CCc1ccc(Oc2nc3ccccc3n3c(=O)n(CC(=O)Nc4cc(OC)ccc4OC)nc23)cc1. The third-order valence-corrected chi connectivity index (χ3v) is 5.90. The number of amides is 1. The monoisotopic (exact) mass is 499 g/mol. The summed E-state index contributed by atoms with van der Waals surface area (Å²) in [4.78, 5) is 30.9. The zero-order valence-electron chi connectivity index (χ0n) is 20.6. The van der Waals surface area contributed by atoms with Crippen molar-refractivity contribution in [1.82, 2.24) is 19.2 Å². The first-order chi connectivity index (χ1) is 18.0. The zero-order valence-corrected chi connectivity index (χ0v) is 20.6. The van der Waals surface area contributed by atoms with Crippen molar-refractivity contribution in [2.24, 2.45) is 0 Å². The van der Waals surface area contributed by atoms with Crippen LogP contribution in [0.15, 0.2) is 71.5 Å². The van der Waals surface area contributed by atoms with E-state index in [0.29, 0.717) is 34.0 Å². The summed E-state index contributed by atoms with van der Waals surface area (Å²) in [6.45, 7) is 1.74. The molecule has 188 valence electrons. The van der Waals surface area contributed by atoms with Gasteiger partial charge < -0.3 is 19.5 Å². The van der Waals surface area contributed by atoms with Gasteiger partial charge in [0.15, 0.2) is 0 Å². The Morgan fingerprint density at radius 3 is 2.46 bits per heavy atom. The number of methoxy groups -OCH3 is 2. The Morgan fingerprint density at radius 1 is 0.973 bits per heavy atom. The van der Waals surface area contributed by atoms with Crippen LogP contribution >= 0.6 is 0 Å². The van der Waals surface area contributed by atoms with E-state index in [-0.39, 0.29) is 18.1 Å². The molecule has 0 fully saturated rings. The number of carbonyl (C=O) groups is 1. The first-order valence-corrected chi connectivity index (χ1v) is 11.7. The highest BCUT2D eigenvalue weighted by Crippen LogP contribution is 2.29. The second-order valence-corrected chi connectivity index (χ2v) is 8.22. The highest BCUT2D eigenvalue weighted by Gasteiger charge is 2.20. The van der Waals surface area contributed by atoms with Crippen molar-refractivity contribution >= 4 is 28.3 Å². The maximum absolute atomic E-state index is 13.4. The lowest BCUT2D eigenvalue weighted by molar-refractivity contribution is -0.117. The highest BCUT2D eigenvalue weighted by molar-refractivity contribution is 5.92. The molecule has 0 atom stereocenters. The van der Waals surface area contributed by atoms with Crippen molar-refractivity contribution in [3.63, 3.8) is 0 Å². The summed E-state index contributed by atoms with van der Waals surface area (Å²) in [5, 5.41) is 7.17. The Hall–Kier alpha value is -4.86. The molecule has 1 amide bonds. The van der Waals surface area contributed by atoms with Crippen LogP contribution < -0.4 is 25.2 Å². The predicted octanol–water partition coefficient (Wildman–Crippen LogP) is 4.05. The molecule has 0 spiro atoms. The van der Waals surface area contributed by atoms with Gasteiger partial charge in [-0.2, -0.15) is 0 Å². The fraction of sp³-hybridized carbons (Fsp3) is 0.185. The first-order valence-electron chi connectivity index (χ1n) is 11.7. The fourth-order valence-electron chi connectivity index (χ4n) is 3.98. The van der Waals surface area contributed by atoms with Gasteiger partial charge in [-0.25, -0.2) is 18.9 Å².